The predicted molar refractivity (Wildman–Crippen MR) is 133 cm³/mol. The maximum Gasteiger partial charge on any atom is 0.339 e. The molecule has 3 rings (SSSR count). The summed E-state index contributed by atoms with van der Waals surface area (Å²) in [4.78, 5) is 25.2. The minimum absolute atomic E-state index is 0.0693. The normalized spacial score (nSPS) is 11.1. The van der Waals surface area contributed by atoms with Gasteiger partial charge < -0.3 is 10.1 Å². The first kappa shape index (κ1) is 25.3. The Morgan fingerprint density at radius 2 is 1.71 bits per heavy atom. The topological polar surface area (TPSA) is 92.8 Å². The number of carbonyl (C=O) groups is 2. The van der Waals surface area contributed by atoms with Crippen LogP contribution in [-0.4, -0.2) is 33.4 Å². The molecule has 0 saturated heterocycles. The number of carbonyl (C=O) groups excluding carboxylic acids is 2. The van der Waals surface area contributed by atoms with Crippen molar-refractivity contribution >= 4 is 44.9 Å². The Labute approximate surface area is 204 Å². The van der Waals surface area contributed by atoms with Crippen molar-refractivity contribution in [2.45, 2.75) is 25.7 Å². The Morgan fingerprint density at radius 1 is 1.00 bits per heavy atom. The zero-order chi connectivity index (χ0) is 24.9. The van der Waals surface area contributed by atoms with E-state index in [1.165, 1.54) is 30.3 Å². The Morgan fingerprint density at radius 3 is 2.38 bits per heavy atom. The van der Waals surface area contributed by atoms with Gasteiger partial charge in [0.15, 0.2) is 0 Å². The smallest absolute Gasteiger partial charge is 0.339 e. The number of esters is 1. The number of aryl methyl sites for hydroxylation is 2. The van der Waals surface area contributed by atoms with E-state index in [0.717, 1.165) is 9.87 Å². The van der Waals surface area contributed by atoms with E-state index in [2.05, 4.69) is 5.32 Å². The van der Waals surface area contributed by atoms with Crippen molar-refractivity contribution in [1.82, 2.24) is 0 Å². The molecule has 0 atom stereocenters. The van der Waals surface area contributed by atoms with Gasteiger partial charge in [-0.15, -0.1) is 0 Å². The van der Waals surface area contributed by atoms with Gasteiger partial charge in [0, 0.05) is 5.69 Å². The van der Waals surface area contributed by atoms with Crippen LogP contribution in [0.4, 0.5) is 11.4 Å². The van der Waals surface area contributed by atoms with Crippen LogP contribution in [0.15, 0.2) is 71.6 Å². The largest absolute Gasteiger partial charge is 0.462 e. The van der Waals surface area contributed by atoms with E-state index in [0.29, 0.717) is 11.3 Å². The molecule has 0 saturated carbocycles. The fraction of sp³-hybridized carbons (Fsp3) is 0.200. The summed E-state index contributed by atoms with van der Waals surface area (Å²) in [6, 6.07) is 17.7. The fourth-order valence-electron chi connectivity index (χ4n) is 3.31. The second-order valence-corrected chi connectivity index (χ2v) is 9.85. The quantitative estimate of drug-likeness (QED) is 0.441. The molecule has 0 aromatic heterocycles. The van der Waals surface area contributed by atoms with E-state index in [1.807, 2.05) is 13.0 Å². The summed E-state index contributed by atoms with van der Waals surface area (Å²) in [6.45, 7) is 5.01. The number of benzene rings is 3. The number of nitrogens with zero attached hydrogens (tertiary/aromatic N) is 1. The SMILES string of the molecule is CCOC(=O)c1cc(NC(=O)CN(c2cc(C)ccc2C)S(=O)(=O)c2ccccc2)ccc1Cl. The minimum Gasteiger partial charge on any atom is -0.462 e. The molecular formula is C25H25ClN2O5S. The molecule has 0 aliphatic heterocycles. The highest BCUT2D eigenvalue weighted by molar-refractivity contribution is 7.92. The highest BCUT2D eigenvalue weighted by Crippen LogP contribution is 2.28. The average molecular weight is 501 g/mol. The van der Waals surface area contributed by atoms with E-state index < -0.39 is 28.4 Å². The van der Waals surface area contributed by atoms with Crippen molar-refractivity contribution in [3.63, 3.8) is 0 Å². The molecule has 9 heteroatoms. The Bertz CT molecular complexity index is 1310. The fourth-order valence-corrected chi connectivity index (χ4v) is 5.00. The highest BCUT2D eigenvalue weighted by Gasteiger charge is 2.28. The van der Waals surface area contributed by atoms with Crippen molar-refractivity contribution in [2.24, 2.45) is 0 Å². The van der Waals surface area contributed by atoms with Gasteiger partial charge in [0.25, 0.3) is 10.0 Å². The van der Waals surface area contributed by atoms with Crippen molar-refractivity contribution in [3.8, 4) is 0 Å². The lowest BCUT2D eigenvalue weighted by atomic mass is 10.1. The van der Waals surface area contributed by atoms with Gasteiger partial charge in [-0.3, -0.25) is 9.10 Å². The van der Waals surface area contributed by atoms with Crippen molar-refractivity contribution in [1.29, 1.82) is 0 Å². The minimum atomic E-state index is -4.04. The first-order valence-electron chi connectivity index (χ1n) is 10.5. The summed E-state index contributed by atoms with van der Waals surface area (Å²) in [5.41, 5.74) is 2.35. The predicted octanol–water partition coefficient (Wildman–Crippen LogP) is 4.97. The van der Waals surface area contributed by atoms with Gasteiger partial charge in [0.2, 0.25) is 5.91 Å². The first-order chi connectivity index (χ1) is 16.1. The summed E-state index contributed by atoms with van der Waals surface area (Å²) in [6.07, 6.45) is 0. The molecule has 0 radical (unpaired) electrons. The molecule has 3 aromatic rings. The number of sulfonamides is 1. The van der Waals surface area contributed by atoms with Gasteiger partial charge >= 0.3 is 5.97 Å². The number of rotatable bonds is 8. The van der Waals surface area contributed by atoms with Crippen LogP contribution in [0.25, 0.3) is 0 Å². The molecule has 0 fully saturated rings. The molecule has 0 bridgehead atoms. The van der Waals surface area contributed by atoms with Gasteiger partial charge in [0.1, 0.15) is 6.54 Å². The Hall–Kier alpha value is -3.36. The highest BCUT2D eigenvalue weighted by atomic mass is 35.5. The number of anilines is 2. The van der Waals surface area contributed by atoms with E-state index in [9.17, 15) is 18.0 Å². The standard InChI is InChI=1S/C25H25ClN2O5S/c1-4-33-25(30)21-15-19(12-13-22(21)26)27-24(29)16-28(23-14-17(2)10-11-18(23)3)34(31,32)20-8-6-5-7-9-20/h5-15H,4,16H2,1-3H3,(H,27,29). The van der Waals surface area contributed by atoms with E-state index in [4.69, 9.17) is 16.3 Å². The lowest BCUT2D eigenvalue weighted by Gasteiger charge is -2.26. The molecular weight excluding hydrogens is 476 g/mol. The van der Waals surface area contributed by atoms with Crippen molar-refractivity contribution < 1.29 is 22.7 Å². The number of hydrogen-bond donors (Lipinski definition) is 1. The Balaban J connectivity index is 1.95. The number of ether oxygens (including phenoxy) is 1. The van der Waals surface area contributed by atoms with E-state index in [-0.39, 0.29) is 27.8 Å². The lowest BCUT2D eigenvalue weighted by molar-refractivity contribution is -0.114. The first-order valence-corrected chi connectivity index (χ1v) is 12.4. The maximum absolute atomic E-state index is 13.5. The molecule has 3 aromatic carbocycles. The molecule has 0 unspecified atom stereocenters. The zero-order valence-electron chi connectivity index (χ0n) is 19.0. The molecule has 1 amide bonds. The summed E-state index contributed by atoms with van der Waals surface area (Å²) >= 11 is 6.09. The average Bonchev–Trinajstić information content (AvgIpc) is 2.81. The van der Waals surface area contributed by atoms with Crippen LogP contribution in [0.3, 0.4) is 0 Å². The molecule has 0 aliphatic carbocycles. The number of nitrogens with one attached hydrogen (secondary N) is 1. The van der Waals surface area contributed by atoms with Crippen molar-refractivity contribution in [3.05, 3.63) is 88.4 Å². The second-order valence-electron chi connectivity index (χ2n) is 7.58. The molecule has 0 spiro atoms. The summed E-state index contributed by atoms with van der Waals surface area (Å²) in [5, 5.41) is 2.83. The molecule has 0 aliphatic rings. The van der Waals surface area contributed by atoms with Gasteiger partial charge in [-0.25, -0.2) is 13.2 Å². The van der Waals surface area contributed by atoms with E-state index in [1.54, 1.807) is 44.2 Å². The maximum atomic E-state index is 13.5. The van der Waals surface area contributed by atoms with Crippen LogP contribution in [0.1, 0.15) is 28.4 Å². The van der Waals surface area contributed by atoms with Crippen LogP contribution in [0, 0.1) is 13.8 Å². The Kier molecular flexibility index (Phi) is 7.96. The summed E-state index contributed by atoms with van der Waals surface area (Å²) in [7, 11) is -4.04. The molecule has 0 heterocycles. The van der Waals surface area contributed by atoms with Crippen molar-refractivity contribution in [2.75, 3.05) is 22.8 Å². The van der Waals surface area contributed by atoms with Crippen LogP contribution >= 0.6 is 11.6 Å². The third-order valence-corrected chi connectivity index (χ3v) is 7.10. The third-order valence-electron chi connectivity index (χ3n) is 5.00. The van der Waals surface area contributed by atoms with Gasteiger partial charge in [0.05, 0.1) is 27.8 Å². The summed E-state index contributed by atoms with van der Waals surface area (Å²) < 4.78 is 33.1. The van der Waals surface area contributed by atoms with Gasteiger partial charge in [-0.05, 0) is 68.3 Å². The van der Waals surface area contributed by atoms with Crippen LogP contribution in [-0.2, 0) is 19.6 Å². The number of amides is 1. The molecule has 7 nitrogen and oxygen atoms in total. The van der Waals surface area contributed by atoms with Gasteiger partial charge in [-0.1, -0.05) is 41.9 Å². The number of hydrogen-bond acceptors (Lipinski definition) is 5. The second kappa shape index (κ2) is 10.7. The molecule has 178 valence electrons. The molecule has 34 heavy (non-hydrogen) atoms. The lowest BCUT2D eigenvalue weighted by Crippen LogP contribution is -2.38. The third kappa shape index (κ3) is 5.76. The van der Waals surface area contributed by atoms with Crippen LogP contribution in [0.2, 0.25) is 5.02 Å². The monoisotopic (exact) mass is 500 g/mol. The van der Waals surface area contributed by atoms with Crippen LogP contribution < -0.4 is 9.62 Å². The zero-order valence-corrected chi connectivity index (χ0v) is 20.6. The summed E-state index contributed by atoms with van der Waals surface area (Å²) in [5.74, 6) is -1.20. The number of halogens is 1. The van der Waals surface area contributed by atoms with Crippen LogP contribution in [0.5, 0.6) is 0 Å². The molecule has 1 N–H and O–H groups in total. The van der Waals surface area contributed by atoms with E-state index >= 15 is 0 Å². The van der Waals surface area contributed by atoms with Gasteiger partial charge in [-0.2, -0.15) is 0 Å².